The van der Waals surface area contributed by atoms with E-state index in [1.54, 1.807) is 31.0 Å². The van der Waals surface area contributed by atoms with Crippen molar-refractivity contribution in [2.45, 2.75) is 9.79 Å². The molecule has 3 aromatic rings. The van der Waals surface area contributed by atoms with E-state index in [1.807, 2.05) is 53.4 Å². The van der Waals surface area contributed by atoms with E-state index in [-0.39, 0.29) is 5.56 Å². The number of nitrogens with zero attached hydrogens (tertiary/aromatic N) is 1. The number of halogens is 1. The van der Waals surface area contributed by atoms with Crippen molar-refractivity contribution >= 4 is 50.7 Å². The summed E-state index contributed by atoms with van der Waals surface area (Å²) in [6.45, 7) is 0.429. The molecule has 0 aromatic heterocycles. The van der Waals surface area contributed by atoms with Gasteiger partial charge in [0.05, 0.1) is 30.7 Å². The summed E-state index contributed by atoms with van der Waals surface area (Å²) in [5.74, 6) is -0.173. The van der Waals surface area contributed by atoms with Crippen LogP contribution in [0.4, 0.5) is 17.1 Å². The van der Waals surface area contributed by atoms with Gasteiger partial charge in [-0.1, -0.05) is 33.8 Å². The third-order valence-electron chi connectivity index (χ3n) is 4.46. The van der Waals surface area contributed by atoms with Crippen LogP contribution in [0.5, 0.6) is 5.75 Å². The Labute approximate surface area is 175 Å². The number of nitrogens with one attached hydrogen (secondary N) is 1. The van der Waals surface area contributed by atoms with E-state index in [0.717, 1.165) is 31.4 Å². The van der Waals surface area contributed by atoms with Gasteiger partial charge in [-0.15, -0.1) is 0 Å². The molecule has 0 unspecified atom stereocenters. The van der Waals surface area contributed by atoms with Crippen LogP contribution >= 0.6 is 27.7 Å². The van der Waals surface area contributed by atoms with Crippen molar-refractivity contribution in [3.8, 4) is 5.75 Å². The quantitative estimate of drug-likeness (QED) is 0.503. The van der Waals surface area contributed by atoms with Crippen LogP contribution < -0.4 is 15.0 Å². The van der Waals surface area contributed by atoms with Gasteiger partial charge in [0, 0.05) is 20.0 Å². The molecule has 0 fully saturated rings. The molecular formula is C21H17BrN2O3S. The third kappa shape index (κ3) is 3.55. The SMILES string of the molecule is COc1ccc2c(c1)Sc1cccc(C(=O)O)c1N2CNc1ccc(Br)cc1. The number of carboxylic acid groups (broad SMARTS) is 1. The number of hydrogen-bond acceptors (Lipinski definition) is 5. The smallest absolute Gasteiger partial charge is 0.337 e. The van der Waals surface area contributed by atoms with Gasteiger partial charge < -0.3 is 20.1 Å². The van der Waals surface area contributed by atoms with E-state index in [2.05, 4.69) is 21.2 Å². The molecule has 0 saturated heterocycles. The maximum absolute atomic E-state index is 11.9. The highest BCUT2D eigenvalue weighted by Gasteiger charge is 2.28. The lowest BCUT2D eigenvalue weighted by molar-refractivity contribution is 0.0697. The van der Waals surface area contributed by atoms with Gasteiger partial charge in [-0.25, -0.2) is 4.79 Å². The van der Waals surface area contributed by atoms with E-state index >= 15 is 0 Å². The molecule has 7 heteroatoms. The van der Waals surface area contributed by atoms with E-state index < -0.39 is 5.97 Å². The minimum Gasteiger partial charge on any atom is -0.497 e. The molecule has 2 N–H and O–H groups in total. The molecule has 0 aliphatic carbocycles. The molecule has 5 nitrogen and oxygen atoms in total. The summed E-state index contributed by atoms with van der Waals surface area (Å²) in [4.78, 5) is 15.8. The number of fused-ring (bicyclic) bond motifs is 2. The Morgan fingerprint density at radius 1 is 1.14 bits per heavy atom. The van der Waals surface area contributed by atoms with Crippen LogP contribution in [0.15, 0.2) is 74.9 Å². The number of rotatable bonds is 5. The van der Waals surface area contributed by atoms with Gasteiger partial charge in [0.15, 0.2) is 0 Å². The molecule has 1 aliphatic rings. The minimum atomic E-state index is -0.942. The van der Waals surface area contributed by atoms with E-state index in [0.29, 0.717) is 12.4 Å². The molecule has 0 radical (unpaired) electrons. The monoisotopic (exact) mass is 456 g/mol. The molecule has 0 atom stereocenters. The maximum atomic E-state index is 11.9. The highest BCUT2D eigenvalue weighted by Crippen LogP contribution is 2.50. The van der Waals surface area contributed by atoms with Gasteiger partial charge in [-0.05, 0) is 54.6 Å². The lowest BCUT2D eigenvalue weighted by atomic mass is 10.1. The number of ether oxygens (including phenoxy) is 1. The van der Waals surface area contributed by atoms with Crippen molar-refractivity contribution < 1.29 is 14.6 Å². The molecule has 0 amide bonds. The van der Waals surface area contributed by atoms with Crippen molar-refractivity contribution in [3.63, 3.8) is 0 Å². The fraction of sp³-hybridized carbons (Fsp3) is 0.0952. The average Bonchev–Trinajstić information content (AvgIpc) is 2.71. The second kappa shape index (κ2) is 7.77. The fourth-order valence-corrected chi connectivity index (χ4v) is 4.55. The standard InChI is InChI=1S/C21H17BrN2O3S/c1-27-15-9-10-17-19(11-15)28-18-4-2-3-16(21(25)26)20(18)24(17)12-23-14-7-5-13(22)6-8-14/h2-11,23H,12H2,1H3,(H,25,26). The molecule has 3 aromatic carbocycles. The fourth-order valence-electron chi connectivity index (χ4n) is 3.12. The van der Waals surface area contributed by atoms with Crippen LogP contribution in [-0.2, 0) is 0 Å². The summed E-state index contributed by atoms with van der Waals surface area (Å²) < 4.78 is 6.36. The Kier molecular flexibility index (Phi) is 5.19. The number of benzene rings is 3. The van der Waals surface area contributed by atoms with Crippen molar-refractivity contribution in [1.82, 2.24) is 0 Å². The molecule has 142 valence electrons. The van der Waals surface area contributed by atoms with Gasteiger partial charge in [0.25, 0.3) is 0 Å². The Hall–Kier alpha value is -2.64. The predicted octanol–water partition coefficient (Wildman–Crippen LogP) is 5.83. The molecular weight excluding hydrogens is 440 g/mol. The number of hydrogen-bond donors (Lipinski definition) is 2. The van der Waals surface area contributed by atoms with E-state index in [9.17, 15) is 9.90 Å². The molecule has 0 bridgehead atoms. The first kappa shape index (κ1) is 18.7. The number of carboxylic acids is 1. The number of methoxy groups -OCH3 is 1. The molecule has 1 heterocycles. The molecule has 0 spiro atoms. The van der Waals surface area contributed by atoms with Gasteiger partial charge in [-0.3, -0.25) is 0 Å². The number of para-hydroxylation sites is 1. The van der Waals surface area contributed by atoms with Gasteiger partial charge in [0.1, 0.15) is 5.75 Å². The maximum Gasteiger partial charge on any atom is 0.337 e. The summed E-state index contributed by atoms with van der Waals surface area (Å²) in [6, 6.07) is 19.1. The van der Waals surface area contributed by atoms with Crippen LogP contribution in [0.25, 0.3) is 0 Å². The predicted molar refractivity (Wildman–Crippen MR) is 115 cm³/mol. The average molecular weight is 457 g/mol. The zero-order valence-electron chi connectivity index (χ0n) is 15.0. The first-order valence-corrected chi connectivity index (χ1v) is 10.2. The molecule has 28 heavy (non-hydrogen) atoms. The number of aromatic carboxylic acids is 1. The first-order chi connectivity index (χ1) is 13.6. The summed E-state index contributed by atoms with van der Waals surface area (Å²) in [5.41, 5.74) is 2.87. The Balaban J connectivity index is 1.76. The van der Waals surface area contributed by atoms with Crippen LogP contribution in [-0.4, -0.2) is 24.9 Å². The summed E-state index contributed by atoms with van der Waals surface area (Å²) >= 11 is 4.99. The van der Waals surface area contributed by atoms with Crippen LogP contribution in [0.1, 0.15) is 10.4 Å². The van der Waals surface area contributed by atoms with Gasteiger partial charge >= 0.3 is 5.97 Å². The number of anilines is 3. The van der Waals surface area contributed by atoms with Crippen LogP contribution in [0.2, 0.25) is 0 Å². The molecule has 1 aliphatic heterocycles. The second-order valence-corrected chi connectivity index (χ2v) is 8.16. The Morgan fingerprint density at radius 2 is 1.93 bits per heavy atom. The van der Waals surface area contributed by atoms with Crippen LogP contribution in [0, 0.1) is 0 Å². The number of carbonyl (C=O) groups is 1. The third-order valence-corrected chi connectivity index (χ3v) is 6.09. The van der Waals surface area contributed by atoms with Crippen LogP contribution in [0.3, 0.4) is 0 Å². The highest BCUT2D eigenvalue weighted by molar-refractivity contribution is 9.10. The summed E-state index contributed by atoms with van der Waals surface area (Å²) in [6.07, 6.45) is 0. The van der Waals surface area contributed by atoms with Gasteiger partial charge in [0.2, 0.25) is 0 Å². The highest BCUT2D eigenvalue weighted by atomic mass is 79.9. The zero-order chi connectivity index (χ0) is 19.7. The van der Waals surface area contributed by atoms with Crippen molar-refractivity contribution in [2.75, 3.05) is 24.0 Å². The first-order valence-electron chi connectivity index (χ1n) is 8.56. The Bertz CT molecular complexity index is 1040. The van der Waals surface area contributed by atoms with E-state index in [4.69, 9.17) is 4.74 Å². The summed E-state index contributed by atoms with van der Waals surface area (Å²) in [7, 11) is 1.64. The second-order valence-electron chi connectivity index (χ2n) is 6.16. The van der Waals surface area contributed by atoms with Gasteiger partial charge in [-0.2, -0.15) is 0 Å². The minimum absolute atomic E-state index is 0.282. The van der Waals surface area contributed by atoms with Crippen molar-refractivity contribution in [1.29, 1.82) is 0 Å². The Morgan fingerprint density at radius 3 is 2.64 bits per heavy atom. The lowest BCUT2D eigenvalue weighted by Gasteiger charge is -2.34. The van der Waals surface area contributed by atoms with Crippen molar-refractivity contribution in [2.24, 2.45) is 0 Å². The molecule has 4 rings (SSSR count). The molecule has 0 saturated carbocycles. The summed E-state index contributed by atoms with van der Waals surface area (Å²) in [5, 5.41) is 13.1. The van der Waals surface area contributed by atoms with Crippen molar-refractivity contribution in [3.05, 3.63) is 70.7 Å². The largest absolute Gasteiger partial charge is 0.497 e. The topological polar surface area (TPSA) is 61.8 Å². The van der Waals surface area contributed by atoms with E-state index in [1.165, 1.54) is 0 Å². The lowest BCUT2D eigenvalue weighted by Crippen LogP contribution is -2.28. The normalized spacial score (nSPS) is 12.1. The zero-order valence-corrected chi connectivity index (χ0v) is 17.4.